The van der Waals surface area contributed by atoms with Crippen LogP contribution in [-0.4, -0.2) is 53.8 Å². The summed E-state index contributed by atoms with van der Waals surface area (Å²) in [7, 11) is 0. The van der Waals surface area contributed by atoms with Crippen molar-refractivity contribution in [1.82, 2.24) is 10.2 Å². The van der Waals surface area contributed by atoms with E-state index in [2.05, 4.69) is 12.2 Å². The van der Waals surface area contributed by atoms with E-state index in [9.17, 15) is 9.59 Å². The molecule has 0 atom stereocenters. The quantitative estimate of drug-likeness (QED) is 0.815. The Morgan fingerprint density at radius 1 is 1.29 bits per heavy atom. The molecule has 1 saturated heterocycles. The van der Waals surface area contributed by atoms with Crippen LogP contribution in [0.1, 0.15) is 47.0 Å². The van der Waals surface area contributed by atoms with E-state index in [-0.39, 0.29) is 24.4 Å². The van der Waals surface area contributed by atoms with Crippen LogP contribution in [0.2, 0.25) is 0 Å². The molecular formula is C15H28N2O4. The first-order valence-corrected chi connectivity index (χ1v) is 7.49. The van der Waals surface area contributed by atoms with Crippen LogP contribution in [0.4, 0.5) is 4.79 Å². The fraction of sp³-hybridized carbons (Fsp3) is 0.867. The summed E-state index contributed by atoms with van der Waals surface area (Å²) in [5, 5.41) is 11.8. The van der Waals surface area contributed by atoms with Crippen molar-refractivity contribution in [3.8, 4) is 0 Å². The molecule has 6 nitrogen and oxygen atoms in total. The Morgan fingerprint density at radius 2 is 1.86 bits per heavy atom. The van der Waals surface area contributed by atoms with Crippen LogP contribution in [0.15, 0.2) is 0 Å². The van der Waals surface area contributed by atoms with Gasteiger partial charge in [-0.25, -0.2) is 4.79 Å². The number of rotatable bonds is 5. The van der Waals surface area contributed by atoms with Crippen molar-refractivity contribution in [2.24, 2.45) is 5.41 Å². The fourth-order valence-electron chi connectivity index (χ4n) is 2.37. The molecule has 0 aliphatic carbocycles. The minimum absolute atomic E-state index is 0.0458. The Balaban J connectivity index is 2.57. The van der Waals surface area contributed by atoms with Crippen molar-refractivity contribution in [2.75, 3.05) is 26.3 Å². The van der Waals surface area contributed by atoms with Gasteiger partial charge in [-0.05, 0) is 39.0 Å². The van der Waals surface area contributed by atoms with Crippen molar-refractivity contribution < 1.29 is 19.4 Å². The van der Waals surface area contributed by atoms with E-state index in [1.807, 2.05) is 20.8 Å². The first-order chi connectivity index (χ1) is 9.64. The molecule has 1 fully saturated rings. The molecule has 2 amide bonds. The molecule has 0 unspecified atom stereocenters. The van der Waals surface area contributed by atoms with Gasteiger partial charge in [0.05, 0.1) is 6.42 Å². The van der Waals surface area contributed by atoms with E-state index in [0.717, 1.165) is 26.1 Å². The molecule has 1 aliphatic rings. The molecule has 0 bridgehead atoms. The molecule has 0 saturated carbocycles. The Morgan fingerprint density at radius 3 is 2.33 bits per heavy atom. The lowest BCUT2D eigenvalue weighted by atomic mass is 9.82. The highest BCUT2D eigenvalue weighted by Gasteiger charge is 2.31. The van der Waals surface area contributed by atoms with E-state index in [4.69, 9.17) is 9.84 Å². The number of carbonyl (C=O) groups excluding carboxylic acids is 1. The van der Waals surface area contributed by atoms with Gasteiger partial charge in [0.2, 0.25) is 0 Å². The maximum absolute atomic E-state index is 12.4. The molecule has 21 heavy (non-hydrogen) atoms. The number of ether oxygens (including phenoxy) is 1. The lowest BCUT2D eigenvalue weighted by molar-refractivity contribution is -0.137. The van der Waals surface area contributed by atoms with Crippen LogP contribution in [0, 0.1) is 5.41 Å². The summed E-state index contributed by atoms with van der Waals surface area (Å²) in [5.41, 5.74) is -0.347. The van der Waals surface area contributed by atoms with Crippen molar-refractivity contribution >= 4 is 12.0 Å². The molecule has 0 aromatic heterocycles. The highest BCUT2D eigenvalue weighted by atomic mass is 16.5. The largest absolute Gasteiger partial charge is 0.481 e. The minimum Gasteiger partial charge on any atom is -0.481 e. The number of nitrogens with zero attached hydrogens (tertiary/aromatic N) is 1. The lowest BCUT2D eigenvalue weighted by Gasteiger charge is -2.38. The molecule has 0 radical (unpaired) electrons. The molecule has 1 rings (SSSR count). The number of amides is 2. The summed E-state index contributed by atoms with van der Waals surface area (Å²) in [4.78, 5) is 24.7. The molecule has 122 valence electrons. The topological polar surface area (TPSA) is 78.9 Å². The maximum Gasteiger partial charge on any atom is 0.317 e. The second-order valence-electron chi connectivity index (χ2n) is 7.05. The maximum atomic E-state index is 12.4. The van der Waals surface area contributed by atoms with Gasteiger partial charge in [0.25, 0.3) is 0 Å². The van der Waals surface area contributed by atoms with Gasteiger partial charge in [0.1, 0.15) is 0 Å². The van der Waals surface area contributed by atoms with Crippen LogP contribution in [-0.2, 0) is 9.53 Å². The number of carboxylic acids is 1. The summed E-state index contributed by atoms with van der Waals surface area (Å²) >= 11 is 0. The number of carbonyl (C=O) groups is 2. The Bertz CT molecular complexity index is 370. The standard InChI is InChI=1S/C15H28N2O4/c1-14(2,3)17(8-5-12(18)19)13(20)16-11-15(4)6-9-21-10-7-15/h5-11H2,1-4H3,(H,16,20)(H,18,19). The van der Waals surface area contributed by atoms with Crippen molar-refractivity contribution in [3.63, 3.8) is 0 Å². The van der Waals surface area contributed by atoms with Crippen LogP contribution in [0.3, 0.4) is 0 Å². The zero-order chi connectivity index (χ0) is 16.1. The third-order valence-electron chi connectivity index (χ3n) is 3.97. The van der Waals surface area contributed by atoms with Gasteiger partial charge in [0.15, 0.2) is 0 Å². The first kappa shape index (κ1) is 17.8. The van der Waals surface area contributed by atoms with Gasteiger partial charge >= 0.3 is 12.0 Å². The summed E-state index contributed by atoms with van der Waals surface area (Å²) in [6.45, 7) is 10.1. The molecule has 2 N–H and O–H groups in total. The predicted octanol–water partition coefficient (Wildman–Crippen LogP) is 2.09. The monoisotopic (exact) mass is 300 g/mol. The van der Waals surface area contributed by atoms with Crippen LogP contribution in [0.5, 0.6) is 0 Å². The van der Waals surface area contributed by atoms with E-state index in [1.165, 1.54) is 0 Å². The van der Waals surface area contributed by atoms with E-state index in [0.29, 0.717) is 6.54 Å². The Hall–Kier alpha value is -1.30. The summed E-state index contributed by atoms with van der Waals surface area (Å²) < 4.78 is 5.35. The van der Waals surface area contributed by atoms with Gasteiger partial charge in [-0.2, -0.15) is 0 Å². The fourth-order valence-corrected chi connectivity index (χ4v) is 2.37. The number of nitrogens with one attached hydrogen (secondary N) is 1. The minimum atomic E-state index is -0.895. The Labute approximate surface area is 126 Å². The van der Waals surface area contributed by atoms with Gasteiger partial charge in [0, 0.05) is 31.8 Å². The smallest absolute Gasteiger partial charge is 0.317 e. The van der Waals surface area contributed by atoms with E-state index < -0.39 is 11.5 Å². The van der Waals surface area contributed by atoms with Crippen LogP contribution < -0.4 is 5.32 Å². The number of hydrogen-bond acceptors (Lipinski definition) is 3. The van der Waals surface area contributed by atoms with Crippen molar-refractivity contribution in [3.05, 3.63) is 0 Å². The number of urea groups is 1. The highest BCUT2D eigenvalue weighted by molar-refractivity contribution is 5.76. The zero-order valence-electron chi connectivity index (χ0n) is 13.6. The van der Waals surface area contributed by atoms with Crippen molar-refractivity contribution in [1.29, 1.82) is 0 Å². The second kappa shape index (κ2) is 7.11. The lowest BCUT2D eigenvalue weighted by Crippen LogP contribution is -2.53. The molecule has 6 heteroatoms. The summed E-state index contributed by atoms with van der Waals surface area (Å²) in [6, 6.07) is -0.198. The van der Waals surface area contributed by atoms with Gasteiger partial charge in [-0.15, -0.1) is 0 Å². The third-order valence-corrected chi connectivity index (χ3v) is 3.97. The summed E-state index contributed by atoms with van der Waals surface area (Å²) in [5.74, 6) is -0.895. The SMILES string of the molecule is CC1(CNC(=O)N(CCC(=O)O)C(C)(C)C)CCOCC1. The van der Waals surface area contributed by atoms with E-state index in [1.54, 1.807) is 4.90 Å². The third kappa shape index (κ3) is 5.91. The predicted molar refractivity (Wildman–Crippen MR) is 80.3 cm³/mol. The van der Waals surface area contributed by atoms with Gasteiger partial charge < -0.3 is 20.1 Å². The summed E-state index contributed by atoms with van der Waals surface area (Å²) in [6.07, 6.45) is 1.81. The zero-order valence-corrected chi connectivity index (χ0v) is 13.6. The normalized spacial score (nSPS) is 18.1. The number of hydrogen-bond donors (Lipinski definition) is 2. The van der Waals surface area contributed by atoms with Crippen LogP contribution >= 0.6 is 0 Å². The number of carboxylic acid groups (broad SMARTS) is 1. The molecule has 1 aliphatic heterocycles. The van der Waals surface area contributed by atoms with Gasteiger partial charge in [-0.3, -0.25) is 4.79 Å². The van der Waals surface area contributed by atoms with Gasteiger partial charge in [-0.1, -0.05) is 6.92 Å². The molecule has 0 aromatic carbocycles. The van der Waals surface area contributed by atoms with Crippen LogP contribution in [0.25, 0.3) is 0 Å². The average Bonchev–Trinajstić information content (AvgIpc) is 2.35. The van der Waals surface area contributed by atoms with Crippen molar-refractivity contribution in [2.45, 2.75) is 52.5 Å². The molecule has 0 aromatic rings. The molecule has 1 heterocycles. The first-order valence-electron chi connectivity index (χ1n) is 7.49. The Kier molecular flexibility index (Phi) is 6.01. The van der Waals surface area contributed by atoms with E-state index >= 15 is 0 Å². The second-order valence-corrected chi connectivity index (χ2v) is 7.05. The highest BCUT2D eigenvalue weighted by Crippen LogP contribution is 2.28. The number of aliphatic carboxylic acids is 1. The molecule has 0 spiro atoms. The molecular weight excluding hydrogens is 272 g/mol. The average molecular weight is 300 g/mol.